The number of hydrogen-bond acceptors (Lipinski definition) is 2. The van der Waals surface area contributed by atoms with Gasteiger partial charge in [0.2, 0.25) is 0 Å². The van der Waals surface area contributed by atoms with Crippen molar-refractivity contribution in [3.63, 3.8) is 0 Å². The molecule has 0 amide bonds. The molecule has 0 aliphatic carbocycles. The Morgan fingerprint density at radius 1 is 1.04 bits per heavy atom. The summed E-state index contributed by atoms with van der Waals surface area (Å²) in [6.45, 7) is 15.4. The quantitative estimate of drug-likeness (QED) is 0.551. The molecule has 1 atom stereocenters. The number of phenolic OH excluding ortho intramolecular Hbond substituents is 1. The second kappa shape index (κ2) is 8.93. The van der Waals surface area contributed by atoms with Gasteiger partial charge in [0.05, 0.1) is 0 Å². The molecule has 2 N–H and O–H groups in total. The number of phenols is 1. The van der Waals surface area contributed by atoms with Crippen molar-refractivity contribution in [3.8, 4) is 5.75 Å². The Morgan fingerprint density at radius 3 is 2.25 bits per heavy atom. The van der Waals surface area contributed by atoms with Crippen molar-refractivity contribution in [2.24, 2.45) is 0 Å². The lowest BCUT2D eigenvalue weighted by atomic mass is 9.89. The molecule has 154 valence electrons. The minimum atomic E-state index is -0.202. The van der Waals surface area contributed by atoms with Crippen LogP contribution in [-0.4, -0.2) is 10.6 Å². The van der Waals surface area contributed by atoms with Crippen LogP contribution in [0.2, 0.25) is 0 Å². The highest BCUT2D eigenvalue weighted by atomic mass is 31.1. The zero-order valence-corrected chi connectivity index (χ0v) is 19.3. The molecule has 2 aromatic rings. The lowest BCUT2D eigenvalue weighted by molar-refractivity contribution is 0.424. The van der Waals surface area contributed by atoms with E-state index in [9.17, 15) is 9.50 Å². The molecule has 0 saturated heterocycles. The van der Waals surface area contributed by atoms with Crippen LogP contribution in [0.5, 0.6) is 5.75 Å². The van der Waals surface area contributed by atoms with E-state index in [-0.39, 0.29) is 16.5 Å². The highest BCUT2D eigenvalue weighted by Gasteiger charge is 2.33. The minimum absolute atomic E-state index is 0.0365. The van der Waals surface area contributed by atoms with Crippen molar-refractivity contribution < 1.29 is 9.50 Å². The van der Waals surface area contributed by atoms with E-state index in [0.29, 0.717) is 20.9 Å². The molecule has 2 aromatic carbocycles. The molecule has 0 heterocycles. The normalized spacial score (nSPS) is 12.9. The SMILES string of the molecule is CCC(CC)(Pc1ccc(F)cc1CNC(C)(C)C)c1cc(C)cc(C)c1O. The van der Waals surface area contributed by atoms with Gasteiger partial charge in [-0.25, -0.2) is 4.39 Å². The van der Waals surface area contributed by atoms with Crippen molar-refractivity contribution in [1.29, 1.82) is 0 Å². The molecule has 0 aliphatic rings. The van der Waals surface area contributed by atoms with Crippen molar-refractivity contribution >= 4 is 13.9 Å². The summed E-state index contributed by atoms with van der Waals surface area (Å²) in [4.78, 5) is 0. The van der Waals surface area contributed by atoms with Crippen LogP contribution in [0.4, 0.5) is 4.39 Å². The number of rotatable bonds is 7. The van der Waals surface area contributed by atoms with Gasteiger partial charge >= 0.3 is 0 Å². The number of nitrogens with one attached hydrogen (secondary N) is 1. The smallest absolute Gasteiger partial charge is 0.123 e. The van der Waals surface area contributed by atoms with E-state index in [2.05, 4.69) is 52.9 Å². The van der Waals surface area contributed by atoms with E-state index in [1.165, 1.54) is 5.30 Å². The summed E-state index contributed by atoms with van der Waals surface area (Å²) >= 11 is 0. The lowest BCUT2D eigenvalue weighted by Crippen LogP contribution is -2.36. The van der Waals surface area contributed by atoms with Gasteiger partial charge in [0.1, 0.15) is 11.6 Å². The molecule has 0 saturated carbocycles. The third-order valence-corrected chi connectivity index (χ3v) is 7.63. The second-order valence-electron chi connectivity index (χ2n) is 8.80. The minimum Gasteiger partial charge on any atom is -0.507 e. The third kappa shape index (κ3) is 5.33. The van der Waals surface area contributed by atoms with Crippen molar-refractivity contribution in [3.05, 3.63) is 58.4 Å². The topological polar surface area (TPSA) is 32.3 Å². The monoisotopic (exact) mass is 403 g/mol. The van der Waals surface area contributed by atoms with E-state index < -0.39 is 0 Å². The molecular weight excluding hydrogens is 368 g/mol. The van der Waals surface area contributed by atoms with Crippen LogP contribution in [0.15, 0.2) is 30.3 Å². The number of aryl methyl sites for hydroxylation is 2. The first-order chi connectivity index (χ1) is 13.0. The zero-order valence-electron chi connectivity index (χ0n) is 18.3. The van der Waals surface area contributed by atoms with Crippen LogP contribution >= 0.6 is 8.58 Å². The van der Waals surface area contributed by atoms with Gasteiger partial charge in [0, 0.05) is 22.8 Å². The third-order valence-electron chi connectivity index (χ3n) is 5.42. The summed E-state index contributed by atoms with van der Waals surface area (Å²) in [5.74, 6) is 0.199. The van der Waals surface area contributed by atoms with Crippen LogP contribution < -0.4 is 10.6 Å². The van der Waals surface area contributed by atoms with Gasteiger partial charge in [0.25, 0.3) is 0 Å². The maximum absolute atomic E-state index is 14.0. The molecule has 1 unspecified atom stereocenters. The maximum atomic E-state index is 14.0. The first-order valence-electron chi connectivity index (χ1n) is 10.1. The van der Waals surface area contributed by atoms with Crippen LogP contribution in [0.3, 0.4) is 0 Å². The summed E-state index contributed by atoms with van der Waals surface area (Å²) in [7, 11) is 0.454. The fourth-order valence-corrected chi connectivity index (χ4v) is 5.33. The molecule has 4 heteroatoms. The largest absolute Gasteiger partial charge is 0.507 e. The summed E-state index contributed by atoms with van der Waals surface area (Å²) in [6, 6.07) is 9.28. The number of benzene rings is 2. The molecule has 0 fully saturated rings. The number of halogens is 1. The highest BCUT2D eigenvalue weighted by molar-refractivity contribution is 7.48. The van der Waals surface area contributed by atoms with Gasteiger partial charge < -0.3 is 10.4 Å². The van der Waals surface area contributed by atoms with Gasteiger partial charge in [-0.1, -0.05) is 46.2 Å². The van der Waals surface area contributed by atoms with E-state index in [0.717, 1.165) is 35.1 Å². The Hall–Kier alpha value is -1.44. The number of aromatic hydroxyl groups is 1. The molecule has 2 nitrogen and oxygen atoms in total. The predicted molar refractivity (Wildman–Crippen MR) is 121 cm³/mol. The van der Waals surface area contributed by atoms with Crippen LogP contribution in [0.25, 0.3) is 0 Å². The van der Waals surface area contributed by atoms with Gasteiger partial charge in [-0.2, -0.15) is 0 Å². The van der Waals surface area contributed by atoms with Gasteiger partial charge in [-0.05, 0) is 76.0 Å². The first-order valence-corrected chi connectivity index (χ1v) is 11.1. The standard InChI is InChI=1S/C24H35FNOP/c1-8-24(9-2,20-13-16(3)12-17(4)22(20)27)28-21-11-10-19(25)14-18(21)15-26-23(5,6)7/h10-14,26-28H,8-9,15H2,1-7H3. The molecule has 0 radical (unpaired) electrons. The second-order valence-corrected chi connectivity index (χ2v) is 10.5. The van der Waals surface area contributed by atoms with Gasteiger partial charge in [0.15, 0.2) is 0 Å². The fraction of sp³-hybridized carbons (Fsp3) is 0.500. The summed E-state index contributed by atoms with van der Waals surface area (Å²) in [5, 5.41) is 15.3. The van der Waals surface area contributed by atoms with Crippen molar-refractivity contribution in [2.75, 3.05) is 0 Å². The molecule has 2 rings (SSSR count). The summed E-state index contributed by atoms with van der Waals surface area (Å²) < 4.78 is 14.0. The Kier molecular flexibility index (Phi) is 7.28. The van der Waals surface area contributed by atoms with E-state index in [1.807, 2.05) is 19.1 Å². The summed E-state index contributed by atoms with van der Waals surface area (Å²) in [6.07, 6.45) is 1.84. The summed E-state index contributed by atoms with van der Waals surface area (Å²) in [5.41, 5.74) is 4.07. The van der Waals surface area contributed by atoms with E-state index in [1.54, 1.807) is 12.1 Å². The van der Waals surface area contributed by atoms with Crippen molar-refractivity contribution in [1.82, 2.24) is 5.32 Å². The first kappa shape index (κ1) is 22.8. The highest BCUT2D eigenvalue weighted by Crippen LogP contribution is 2.51. The van der Waals surface area contributed by atoms with Crippen molar-refractivity contribution in [2.45, 2.75) is 78.5 Å². The molecule has 28 heavy (non-hydrogen) atoms. The Labute approximate surface area is 171 Å². The molecule has 0 aromatic heterocycles. The zero-order chi connectivity index (χ0) is 21.1. The van der Waals surface area contributed by atoms with Crippen LogP contribution in [-0.2, 0) is 11.7 Å². The van der Waals surface area contributed by atoms with Crippen LogP contribution in [0.1, 0.15) is 69.7 Å². The van der Waals surface area contributed by atoms with E-state index in [4.69, 9.17) is 0 Å². The number of hydrogen-bond donors (Lipinski definition) is 2. The van der Waals surface area contributed by atoms with Gasteiger partial charge in [-0.15, -0.1) is 0 Å². The Balaban J connectivity index is 2.50. The van der Waals surface area contributed by atoms with Crippen LogP contribution in [0, 0.1) is 19.7 Å². The van der Waals surface area contributed by atoms with Gasteiger partial charge in [-0.3, -0.25) is 0 Å². The lowest BCUT2D eigenvalue weighted by Gasteiger charge is -2.35. The Bertz CT molecular complexity index is 822. The molecule has 0 bridgehead atoms. The van der Waals surface area contributed by atoms with E-state index >= 15 is 0 Å². The molecule has 0 spiro atoms. The molecular formula is C24H35FNOP. The average Bonchev–Trinajstić information content (AvgIpc) is 2.62. The predicted octanol–water partition coefficient (Wildman–Crippen LogP) is 6.06. The molecule has 0 aliphatic heterocycles. The average molecular weight is 404 g/mol. The fourth-order valence-electron chi connectivity index (χ4n) is 3.65. The maximum Gasteiger partial charge on any atom is 0.123 e. The Morgan fingerprint density at radius 2 is 1.68 bits per heavy atom.